The van der Waals surface area contributed by atoms with E-state index in [1.54, 1.807) is 27.8 Å². The summed E-state index contributed by atoms with van der Waals surface area (Å²) in [6, 6.07) is 0. The van der Waals surface area contributed by atoms with Gasteiger partial charge in [-0.3, -0.25) is 13.9 Å². The number of rotatable bonds is 5. The van der Waals surface area contributed by atoms with Crippen LogP contribution in [0.2, 0.25) is 0 Å². The number of carbonyl (C=O) groups excluding carboxylic acids is 1. The zero-order valence-corrected chi connectivity index (χ0v) is 17.5. The first-order valence-corrected chi connectivity index (χ1v) is 9.49. The van der Waals surface area contributed by atoms with E-state index < -0.39 is 11.5 Å². The summed E-state index contributed by atoms with van der Waals surface area (Å²) in [5, 5.41) is 6.31. The molecule has 2 aromatic heterocycles. The van der Waals surface area contributed by atoms with Crippen molar-refractivity contribution in [3.63, 3.8) is 0 Å². The molecule has 0 aromatic carbocycles. The van der Waals surface area contributed by atoms with Crippen molar-refractivity contribution in [1.82, 2.24) is 24.4 Å². The first kappa shape index (κ1) is 20.7. The molecule has 0 unspecified atom stereocenters. The second kappa shape index (κ2) is 8.13. The SMILES string of the molecule is CC#CCn1c(N2CCNCC2)nc2nc(NC(C)(C)C(=O)OC)n(C)c(=O)c21. The Balaban J connectivity index is 2.14. The molecule has 156 valence electrons. The molecule has 29 heavy (non-hydrogen) atoms. The number of nitrogens with one attached hydrogen (secondary N) is 2. The number of hydrogen-bond acceptors (Lipinski definition) is 8. The van der Waals surface area contributed by atoms with Crippen molar-refractivity contribution < 1.29 is 9.53 Å². The van der Waals surface area contributed by atoms with Crippen molar-refractivity contribution in [2.24, 2.45) is 7.05 Å². The highest BCUT2D eigenvalue weighted by molar-refractivity contribution is 5.83. The van der Waals surface area contributed by atoms with Gasteiger partial charge in [-0.15, -0.1) is 5.92 Å². The van der Waals surface area contributed by atoms with Gasteiger partial charge in [0, 0.05) is 33.2 Å². The Hall–Kier alpha value is -3.06. The van der Waals surface area contributed by atoms with Crippen molar-refractivity contribution in [2.75, 3.05) is 43.5 Å². The molecule has 0 aliphatic carbocycles. The highest BCUT2D eigenvalue weighted by atomic mass is 16.5. The van der Waals surface area contributed by atoms with Crippen LogP contribution in [-0.4, -0.2) is 63.9 Å². The van der Waals surface area contributed by atoms with Gasteiger partial charge < -0.3 is 20.3 Å². The average molecular weight is 401 g/mol. The number of carbonyl (C=O) groups is 1. The predicted octanol–water partition coefficient (Wildman–Crippen LogP) is -0.0736. The number of hydrogen-bond donors (Lipinski definition) is 2. The van der Waals surface area contributed by atoms with Crippen LogP contribution in [-0.2, 0) is 23.1 Å². The molecule has 1 fully saturated rings. The molecular formula is C19H27N7O3. The monoisotopic (exact) mass is 401 g/mol. The van der Waals surface area contributed by atoms with E-state index >= 15 is 0 Å². The third kappa shape index (κ3) is 3.91. The van der Waals surface area contributed by atoms with E-state index in [4.69, 9.17) is 4.74 Å². The standard InChI is InChI=1S/C19H27N7O3/c1-6-7-10-26-13-14(22-18(26)25-11-8-20-9-12-25)21-17(24(4)15(13)27)23-19(2,3)16(28)29-5/h20H,8-12H2,1-5H3,(H,21,23). The van der Waals surface area contributed by atoms with Crippen LogP contribution in [0.1, 0.15) is 20.8 Å². The van der Waals surface area contributed by atoms with Crippen LogP contribution in [0.5, 0.6) is 0 Å². The molecule has 10 heteroatoms. The van der Waals surface area contributed by atoms with E-state index in [1.807, 2.05) is 4.57 Å². The predicted molar refractivity (Wildman–Crippen MR) is 111 cm³/mol. The normalized spacial score (nSPS) is 14.4. The lowest BCUT2D eigenvalue weighted by Crippen LogP contribution is -2.44. The maximum atomic E-state index is 13.2. The fourth-order valence-electron chi connectivity index (χ4n) is 3.26. The third-order valence-electron chi connectivity index (χ3n) is 4.90. The second-order valence-corrected chi connectivity index (χ2v) is 7.38. The third-order valence-corrected chi connectivity index (χ3v) is 4.90. The lowest BCUT2D eigenvalue weighted by molar-refractivity contribution is -0.144. The van der Waals surface area contributed by atoms with Crippen molar-refractivity contribution in [3.8, 4) is 11.8 Å². The maximum absolute atomic E-state index is 13.2. The van der Waals surface area contributed by atoms with E-state index in [1.165, 1.54) is 11.7 Å². The van der Waals surface area contributed by atoms with Crippen LogP contribution in [0.25, 0.3) is 11.2 Å². The van der Waals surface area contributed by atoms with E-state index in [9.17, 15) is 9.59 Å². The van der Waals surface area contributed by atoms with Crippen LogP contribution in [0.4, 0.5) is 11.9 Å². The molecule has 0 spiro atoms. The fourth-order valence-corrected chi connectivity index (χ4v) is 3.26. The number of esters is 1. The first-order valence-electron chi connectivity index (χ1n) is 9.49. The topological polar surface area (TPSA) is 106 Å². The Morgan fingerprint density at radius 3 is 2.62 bits per heavy atom. The highest BCUT2D eigenvalue weighted by Gasteiger charge is 2.31. The van der Waals surface area contributed by atoms with Crippen molar-refractivity contribution in [2.45, 2.75) is 32.9 Å². The molecule has 0 bridgehead atoms. The van der Waals surface area contributed by atoms with E-state index in [0.717, 1.165) is 26.2 Å². The molecule has 2 aromatic rings. The second-order valence-electron chi connectivity index (χ2n) is 7.38. The lowest BCUT2D eigenvalue weighted by Gasteiger charge is -2.28. The lowest BCUT2D eigenvalue weighted by atomic mass is 10.1. The minimum absolute atomic E-state index is 0.246. The summed E-state index contributed by atoms with van der Waals surface area (Å²) in [5.74, 6) is 6.36. The summed E-state index contributed by atoms with van der Waals surface area (Å²) in [6.45, 7) is 8.68. The Morgan fingerprint density at radius 2 is 2.00 bits per heavy atom. The van der Waals surface area contributed by atoms with Crippen LogP contribution >= 0.6 is 0 Å². The molecule has 0 atom stereocenters. The summed E-state index contributed by atoms with van der Waals surface area (Å²) >= 11 is 0. The molecule has 10 nitrogen and oxygen atoms in total. The van der Waals surface area contributed by atoms with Crippen LogP contribution in [0.3, 0.4) is 0 Å². The summed E-state index contributed by atoms with van der Waals surface area (Å²) < 4.78 is 8.03. The first-order chi connectivity index (χ1) is 13.8. The highest BCUT2D eigenvalue weighted by Crippen LogP contribution is 2.22. The van der Waals surface area contributed by atoms with Crippen LogP contribution in [0, 0.1) is 11.8 Å². The molecule has 3 rings (SSSR count). The maximum Gasteiger partial charge on any atom is 0.330 e. The zero-order chi connectivity index (χ0) is 21.2. The Kier molecular flexibility index (Phi) is 5.79. The van der Waals surface area contributed by atoms with E-state index in [-0.39, 0.29) is 11.5 Å². The van der Waals surface area contributed by atoms with E-state index in [2.05, 4.69) is 37.3 Å². The molecule has 0 saturated carbocycles. The largest absolute Gasteiger partial charge is 0.467 e. The van der Waals surface area contributed by atoms with Crippen LogP contribution < -0.4 is 21.1 Å². The number of methoxy groups -OCH3 is 1. The van der Waals surface area contributed by atoms with Gasteiger partial charge in [0.15, 0.2) is 11.2 Å². The van der Waals surface area contributed by atoms with Gasteiger partial charge in [-0.05, 0) is 20.8 Å². The zero-order valence-electron chi connectivity index (χ0n) is 17.5. The van der Waals surface area contributed by atoms with Gasteiger partial charge in [0.2, 0.25) is 11.9 Å². The molecule has 3 heterocycles. The number of nitrogens with zero attached hydrogens (tertiary/aromatic N) is 5. The van der Waals surface area contributed by atoms with Crippen molar-refractivity contribution in [3.05, 3.63) is 10.4 Å². The fraction of sp³-hybridized carbons (Fsp3) is 0.579. The Labute approximate surface area is 169 Å². The van der Waals surface area contributed by atoms with Gasteiger partial charge in [0.25, 0.3) is 5.56 Å². The average Bonchev–Trinajstić information content (AvgIpc) is 3.08. The van der Waals surface area contributed by atoms with Gasteiger partial charge in [0.05, 0.1) is 13.7 Å². The quantitative estimate of drug-likeness (QED) is 0.530. The Morgan fingerprint density at radius 1 is 1.31 bits per heavy atom. The van der Waals surface area contributed by atoms with Gasteiger partial charge in [-0.25, -0.2) is 4.79 Å². The number of ether oxygens (including phenoxy) is 1. The van der Waals surface area contributed by atoms with Gasteiger partial charge in [-0.2, -0.15) is 9.97 Å². The Bertz CT molecular complexity index is 1040. The number of fused-ring (bicyclic) bond motifs is 1. The van der Waals surface area contributed by atoms with Gasteiger partial charge in [0.1, 0.15) is 5.54 Å². The number of aromatic nitrogens is 4. The van der Waals surface area contributed by atoms with Gasteiger partial charge >= 0.3 is 5.97 Å². The molecule has 1 saturated heterocycles. The van der Waals surface area contributed by atoms with Crippen molar-refractivity contribution in [1.29, 1.82) is 0 Å². The van der Waals surface area contributed by atoms with Crippen molar-refractivity contribution >= 4 is 29.0 Å². The molecule has 0 amide bonds. The molecule has 1 aliphatic heterocycles. The van der Waals surface area contributed by atoms with Gasteiger partial charge in [-0.1, -0.05) is 5.92 Å². The summed E-state index contributed by atoms with van der Waals surface area (Å²) in [5.41, 5.74) is -0.602. The summed E-state index contributed by atoms with van der Waals surface area (Å²) in [6.07, 6.45) is 0. The number of piperazine rings is 1. The molecule has 2 N–H and O–H groups in total. The molecular weight excluding hydrogens is 374 g/mol. The van der Waals surface area contributed by atoms with E-state index in [0.29, 0.717) is 23.7 Å². The minimum atomic E-state index is -1.06. The number of anilines is 2. The molecule has 0 radical (unpaired) electrons. The van der Waals surface area contributed by atoms with Crippen LogP contribution in [0.15, 0.2) is 4.79 Å². The number of imidazole rings is 1. The molecule has 1 aliphatic rings. The smallest absolute Gasteiger partial charge is 0.330 e. The summed E-state index contributed by atoms with van der Waals surface area (Å²) in [4.78, 5) is 36.5. The summed E-state index contributed by atoms with van der Waals surface area (Å²) in [7, 11) is 2.93. The minimum Gasteiger partial charge on any atom is -0.467 e.